The summed E-state index contributed by atoms with van der Waals surface area (Å²) in [5.41, 5.74) is 0. The summed E-state index contributed by atoms with van der Waals surface area (Å²) in [6.07, 6.45) is -23.0. The summed E-state index contributed by atoms with van der Waals surface area (Å²) in [7, 11) is 0. The lowest BCUT2D eigenvalue weighted by Crippen LogP contribution is -2.52. The van der Waals surface area contributed by atoms with E-state index >= 15 is 0 Å². The Morgan fingerprint density at radius 2 is 1.22 bits per heavy atom. The number of rotatable bonds is 17. The van der Waals surface area contributed by atoms with Gasteiger partial charge in [0.05, 0.1) is 31.5 Å². The summed E-state index contributed by atoms with van der Waals surface area (Å²) >= 11 is 0. The standard InChI is InChI=1S/C17H36O15/c1-6(19)9(5-18)31-17(15(27)28)30-4-3-8(21)13(12(24)14(25)26)32-16(29)11(23)10(22)7(2)20/h6-29H,3-5H2,1-2H3. The van der Waals surface area contributed by atoms with E-state index in [1.165, 1.54) is 6.92 Å². The van der Waals surface area contributed by atoms with E-state index in [2.05, 4.69) is 0 Å². The largest absolute Gasteiger partial charge is 0.394 e. The number of aliphatic hydroxyl groups excluding tert-OH is 10. The molecule has 194 valence electrons. The van der Waals surface area contributed by atoms with Gasteiger partial charge in [0.15, 0.2) is 12.6 Å². The van der Waals surface area contributed by atoms with Crippen molar-refractivity contribution >= 4 is 0 Å². The Morgan fingerprint density at radius 3 is 1.62 bits per heavy atom. The van der Waals surface area contributed by atoms with E-state index in [4.69, 9.17) is 29.5 Å². The molecule has 12 N–H and O–H groups in total. The third-order valence-corrected chi connectivity index (χ3v) is 4.42. The van der Waals surface area contributed by atoms with Gasteiger partial charge in [-0.3, -0.25) is 0 Å². The van der Waals surface area contributed by atoms with Gasteiger partial charge in [-0.05, 0) is 20.3 Å². The molecule has 0 aromatic heterocycles. The number of aliphatic hydroxyl groups is 12. The van der Waals surface area contributed by atoms with Gasteiger partial charge in [0.2, 0.25) is 12.6 Å². The minimum Gasteiger partial charge on any atom is -0.394 e. The van der Waals surface area contributed by atoms with Crippen LogP contribution in [-0.2, 0) is 14.2 Å². The van der Waals surface area contributed by atoms with E-state index in [0.29, 0.717) is 0 Å². The molecule has 0 saturated heterocycles. The molecule has 10 unspecified atom stereocenters. The number of hydrogen-bond donors (Lipinski definition) is 12. The molecule has 0 aromatic rings. The molecule has 32 heavy (non-hydrogen) atoms. The second-order valence-electron chi connectivity index (χ2n) is 7.22. The molecule has 0 aliphatic heterocycles. The van der Waals surface area contributed by atoms with Gasteiger partial charge in [0.25, 0.3) is 0 Å². The smallest absolute Gasteiger partial charge is 0.209 e. The summed E-state index contributed by atoms with van der Waals surface area (Å²) in [5.74, 6) is 0. The maximum Gasteiger partial charge on any atom is 0.209 e. The molecular weight excluding hydrogens is 444 g/mol. The average Bonchev–Trinajstić information content (AvgIpc) is 2.71. The molecule has 0 aromatic carbocycles. The summed E-state index contributed by atoms with van der Waals surface area (Å²) in [5, 5.41) is 114. The molecule has 0 spiro atoms. The quantitative estimate of drug-likeness (QED) is 0.0863. The molecule has 0 rings (SSSR count). The fourth-order valence-corrected chi connectivity index (χ4v) is 2.41. The summed E-state index contributed by atoms with van der Waals surface area (Å²) < 4.78 is 14.9. The molecule has 0 fully saturated rings. The first-order chi connectivity index (χ1) is 14.7. The van der Waals surface area contributed by atoms with Crippen molar-refractivity contribution in [3.8, 4) is 0 Å². The molecule has 0 aliphatic rings. The lowest BCUT2D eigenvalue weighted by molar-refractivity contribution is -0.286. The van der Waals surface area contributed by atoms with Crippen LogP contribution in [0, 0.1) is 0 Å². The van der Waals surface area contributed by atoms with E-state index in [9.17, 15) is 46.0 Å². The zero-order valence-electron chi connectivity index (χ0n) is 17.6. The lowest BCUT2D eigenvalue weighted by atomic mass is 10.0. The van der Waals surface area contributed by atoms with Gasteiger partial charge in [-0.15, -0.1) is 0 Å². The van der Waals surface area contributed by atoms with Crippen LogP contribution >= 0.6 is 0 Å². The van der Waals surface area contributed by atoms with Crippen molar-refractivity contribution in [2.24, 2.45) is 0 Å². The molecule has 15 nitrogen and oxygen atoms in total. The fraction of sp³-hybridized carbons (Fsp3) is 1.00. The Bertz CT molecular complexity index is 477. The van der Waals surface area contributed by atoms with E-state index < -0.39 is 93.6 Å². The Balaban J connectivity index is 5.09. The molecule has 0 bridgehead atoms. The highest BCUT2D eigenvalue weighted by molar-refractivity contribution is 4.82. The van der Waals surface area contributed by atoms with Gasteiger partial charge < -0.3 is 75.5 Å². The molecule has 0 heterocycles. The van der Waals surface area contributed by atoms with Crippen LogP contribution < -0.4 is 0 Å². The van der Waals surface area contributed by atoms with Crippen LogP contribution in [0.5, 0.6) is 0 Å². The first-order valence-electron chi connectivity index (χ1n) is 9.76. The molecule has 0 amide bonds. The molecule has 10 atom stereocenters. The predicted molar refractivity (Wildman–Crippen MR) is 101 cm³/mol. The second-order valence-corrected chi connectivity index (χ2v) is 7.22. The Labute approximate surface area is 183 Å². The monoisotopic (exact) mass is 480 g/mol. The van der Waals surface area contributed by atoms with Crippen LogP contribution in [0.15, 0.2) is 0 Å². The van der Waals surface area contributed by atoms with Gasteiger partial charge in [-0.2, -0.15) is 0 Å². The van der Waals surface area contributed by atoms with Crippen molar-refractivity contribution in [3.05, 3.63) is 0 Å². The fourth-order valence-electron chi connectivity index (χ4n) is 2.41. The summed E-state index contributed by atoms with van der Waals surface area (Å²) in [4.78, 5) is 0. The van der Waals surface area contributed by atoms with Gasteiger partial charge in [0, 0.05) is 0 Å². The van der Waals surface area contributed by atoms with Gasteiger partial charge in [-0.25, -0.2) is 0 Å². The first kappa shape index (κ1) is 31.4. The van der Waals surface area contributed by atoms with Gasteiger partial charge in [0.1, 0.15) is 30.5 Å². The van der Waals surface area contributed by atoms with Crippen molar-refractivity contribution in [1.82, 2.24) is 0 Å². The predicted octanol–water partition coefficient (Wildman–Crippen LogP) is -6.37. The van der Waals surface area contributed by atoms with E-state index in [1.54, 1.807) is 0 Å². The SMILES string of the molecule is CC(O)C(CO)OC(OCCC(O)C(OC(O)C(O)C(O)C(C)O)C(O)C(O)O)C(O)O. The Morgan fingerprint density at radius 1 is 0.656 bits per heavy atom. The molecule has 15 heteroatoms. The highest BCUT2D eigenvalue weighted by Crippen LogP contribution is 2.17. The average molecular weight is 480 g/mol. The van der Waals surface area contributed by atoms with Crippen LogP contribution in [0.2, 0.25) is 0 Å². The van der Waals surface area contributed by atoms with Crippen LogP contribution in [0.3, 0.4) is 0 Å². The lowest BCUT2D eigenvalue weighted by Gasteiger charge is -2.33. The maximum atomic E-state index is 10.2. The highest BCUT2D eigenvalue weighted by atomic mass is 16.7. The van der Waals surface area contributed by atoms with E-state index in [0.717, 1.165) is 6.92 Å². The molecule has 0 radical (unpaired) electrons. The maximum absolute atomic E-state index is 10.2. The zero-order valence-corrected chi connectivity index (χ0v) is 17.6. The molecule has 0 aliphatic carbocycles. The second kappa shape index (κ2) is 15.3. The zero-order chi connectivity index (χ0) is 25.2. The van der Waals surface area contributed by atoms with Crippen molar-refractivity contribution in [1.29, 1.82) is 0 Å². The molecular formula is C17H36O15. The summed E-state index contributed by atoms with van der Waals surface area (Å²) in [6.45, 7) is 1.17. The van der Waals surface area contributed by atoms with E-state index in [1.807, 2.05) is 0 Å². The Hall–Kier alpha value is -0.600. The number of ether oxygens (including phenoxy) is 3. The highest BCUT2D eigenvalue weighted by Gasteiger charge is 2.38. The minimum atomic E-state index is -2.45. The third-order valence-electron chi connectivity index (χ3n) is 4.42. The molecule has 0 saturated carbocycles. The van der Waals surface area contributed by atoms with Gasteiger partial charge in [-0.1, -0.05) is 0 Å². The normalized spacial score (nSPS) is 22.1. The van der Waals surface area contributed by atoms with Crippen molar-refractivity contribution in [3.63, 3.8) is 0 Å². The third kappa shape index (κ3) is 10.6. The summed E-state index contributed by atoms with van der Waals surface area (Å²) in [6, 6.07) is 0. The first-order valence-corrected chi connectivity index (χ1v) is 9.76. The van der Waals surface area contributed by atoms with Gasteiger partial charge >= 0.3 is 0 Å². The van der Waals surface area contributed by atoms with Crippen molar-refractivity contribution < 1.29 is 75.5 Å². The van der Waals surface area contributed by atoms with E-state index in [-0.39, 0.29) is 0 Å². The van der Waals surface area contributed by atoms with Crippen molar-refractivity contribution in [2.45, 2.75) is 94.3 Å². The van der Waals surface area contributed by atoms with Crippen LogP contribution in [0.1, 0.15) is 20.3 Å². The van der Waals surface area contributed by atoms with Crippen LogP contribution in [0.4, 0.5) is 0 Å². The van der Waals surface area contributed by atoms with Crippen LogP contribution in [-0.4, -0.2) is 148 Å². The Kier molecular flexibility index (Phi) is 15.0. The van der Waals surface area contributed by atoms with Crippen molar-refractivity contribution in [2.75, 3.05) is 13.2 Å². The van der Waals surface area contributed by atoms with Crippen LogP contribution in [0.25, 0.3) is 0 Å². The number of hydrogen-bond acceptors (Lipinski definition) is 15. The minimum absolute atomic E-state index is 0.485. The topological polar surface area (TPSA) is 270 Å².